The molecule has 0 spiro atoms. The van der Waals surface area contributed by atoms with Gasteiger partial charge in [-0.1, -0.05) is 0 Å². The van der Waals surface area contributed by atoms with Gasteiger partial charge in [-0.05, 0) is 6.92 Å². The van der Waals surface area contributed by atoms with E-state index in [4.69, 9.17) is 0 Å². The van der Waals surface area contributed by atoms with E-state index in [1.165, 1.54) is 24.1 Å². The summed E-state index contributed by atoms with van der Waals surface area (Å²) in [5.41, 5.74) is 2.74. The molecule has 11 heteroatoms. The van der Waals surface area contributed by atoms with Crippen molar-refractivity contribution in [3.63, 3.8) is 0 Å². The van der Waals surface area contributed by atoms with Crippen LogP contribution in [0, 0.1) is 23.0 Å². The van der Waals surface area contributed by atoms with Crippen molar-refractivity contribution in [3.8, 4) is 0 Å². The third-order valence-electron chi connectivity index (χ3n) is 2.98. The average Bonchev–Trinajstić information content (AvgIpc) is 3.05. The van der Waals surface area contributed by atoms with Crippen LogP contribution in [0.25, 0.3) is 0 Å². The van der Waals surface area contributed by atoms with Gasteiger partial charge >= 0.3 is 5.69 Å². The van der Waals surface area contributed by atoms with Crippen LogP contribution in [0.5, 0.6) is 0 Å². The Bertz CT molecular complexity index is 765. The summed E-state index contributed by atoms with van der Waals surface area (Å²) < 4.78 is 16.0. The number of halogens is 1. The summed E-state index contributed by atoms with van der Waals surface area (Å²) in [6.45, 7) is 1.78. The fourth-order valence-electron chi connectivity index (χ4n) is 1.80. The van der Waals surface area contributed by atoms with Crippen molar-refractivity contribution in [1.82, 2.24) is 25.0 Å². The molecule has 0 aliphatic heterocycles. The molecule has 0 saturated carbocycles. The fraction of sp³-hybridized carbons (Fsp3) is 0.333. The number of aryl methyl sites for hydroxylation is 3. The molecular formula is C12H14FN7O3. The van der Waals surface area contributed by atoms with Gasteiger partial charge in [0.25, 0.3) is 0 Å². The molecule has 0 aliphatic carbocycles. The van der Waals surface area contributed by atoms with Gasteiger partial charge in [0.05, 0.1) is 28.9 Å². The van der Waals surface area contributed by atoms with Gasteiger partial charge in [0, 0.05) is 13.5 Å². The Morgan fingerprint density at radius 3 is 2.91 bits per heavy atom. The van der Waals surface area contributed by atoms with Crippen molar-refractivity contribution < 1.29 is 14.1 Å². The van der Waals surface area contributed by atoms with Crippen molar-refractivity contribution in [3.05, 3.63) is 39.7 Å². The average molecular weight is 323 g/mol. The molecular weight excluding hydrogens is 309 g/mol. The molecule has 0 aromatic carbocycles. The first-order chi connectivity index (χ1) is 10.9. The van der Waals surface area contributed by atoms with Gasteiger partial charge in [-0.25, -0.2) is 10.1 Å². The molecule has 1 amide bonds. The smallest absolute Gasteiger partial charge is 0.273 e. The minimum Gasteiger partial charge on any atom is -0.273 e. The molecule has 23 heavy (non-hydrogen) atoms. The molecule has 0 bridgehead atoms. The number of nitrogens with zero attached hydrogens (tertiary/aromatic N) is 6. The van der Waals surface area contributed by atoms with Crippen LogP contribution in [-0.2, 0) is 18.4 Å². The lowest BCUT2D eigenvalue weighted by Gasteiger charge is -2.00. The minimum atomic E-state index is -0.571. The highest BCUT2D eigenvalue weighted by Gasteiger charge is 2.11. The third kappa shape index (κ3) is 3.96. The van der Waals surface area contributed by atoms with Crippen molar-refractivity contribution in [2.24, 2.45) is 12.1 Å². The molecule has 0 saturated heterocycles. The highest BCUT2D eigenvalue weighted by Crippen LogP contribution is 2.08. The Morgan fingerprint density at radius 2 is 2.35 bits per heavy atom. The van der Waals surface area contributed by atoms with Crippen LogP contribution in [0.3, 0.4) is 0 Å². The second-order valence-electron chi connectivity index (χ2n) is 4.68. The zero-order valence-corrected chi connectivity index (χ0v) is 12.4. The van der Waals surface area contributed by atoms with Crippen molar-refractivity contribution in [2.45, 2.75) is 19.9 Å². The van der Waals surface area contributed by atoms with Gasteiger partial charge in [-0.15, -0.1) is 0 Å². The summed E-state index contributed by atoms with van der Waals surface area (Å²) in [4.78, 5) is 21.5. The van der Waals surface area contributed by atoms with Crippen LogP contribution in [0.15, 0.2) is 17.5 Å². The summed E-state index contributed by atoms with van der Waals surface area (Å²) in [7, 11) is 1.46. The second kappa shape index (κ2) is 6.77. The molecule has 0 radical (unpaired) electrons. The van der Waals surface area contributed by atoms with E-state index >= 15 is 0 Å². The molecule has 0 atom stereocenters. The van der Waals surface area contributed by atoms with Crippen LogP contribution in [-0.4, -0.2) is 36.6 Å². The van der Waals surface area contributed by atoms with Gasteiger partial charge < -0.3 is 0 Å². The molecule has 2 aromatic heterocycles. The zero-order chi connectivity index (χ0) is 17.0. The van der Waals surface area contributed by atoms with E-state index in [2.05, 4.69) is 20.7 Å². The SMILES string of the molecule is Cc1nn(C)c(F)c1/C=N/NC(=O)CCn1cc([N+](=O)[O-])cn1. The Balaban J connectivity index is 1.85. The van der Waals surface area contributed by atoms with Gasteiger partial charge in [0.2, 0.25) is 11.9 Å². The molecule has 1 N–H and O–H groups in total. The number of rotatable bonds is 6. The zero-order valence-electron chi connectivity index (χ0n) is 12.4. The molecule has 0 fully saturated rings. The van der Waals surface area contributed by atoms with E-state index in [9.17, 15) is 19.3 Å². The number of hydrazone groups is 1. The van der Waals surface area contributed by atoms with E-state index in [1.54, 1.807) is 6.92 Å². The number of aromatic nitrogens is 4. The monoisotopic (exact) mass is 323 g/mol. The van der Waals surface area contributed by atoms with Crippen LogP contribution in [0.2, 0.25) is 0 Å². The van der Waals surface area contributed by atoms with E-state index < -0.39 is 16.8 Å². The first-order valence-electron chi connectivity index (χ1n) is 6.56. The number of hydrogen-bond acceptors (Lipinski definition) is 6. The lowest BCUT2D eigenvalue weighted by Crippen LogP contribution is -2.19. The van der Waals surface area contributed by atoms with Crippen molar-refractivity contribution >= 4 is 17.8 Å². The van der Waals surface area contributed by atoms with Crippen molar-refractivity contribution in [2.75, 3.05) is 0 Å². The quantitative estimate of drug-likeness (QED) is 0.472. The Labute approximate surface area is 129 Å². The molecule has 0 aliphatic rings. The normalized spacial score (nSPS) is 11.1. The molecule has 0 unspecified atom stereocenters. The lowest BCUT2D eigenvalue weighted by atomic mass is 10.3. The lowest BCUT2D eigenvalue weighted by molar-refractivity contribution is -0.385. The number of carbonyl (C=O) groups excluding carboxylic acids is 1. The predicted molar refractivity (Wildman–Crippen MR) is 77.1 cm³/mol. The summed E-state index contributed by atoms with van der Waals surface area (Å²) >= 11 is 0. The maximum absolute atomic E-state index is 13.6. The summed E-state index contributed by atoms with van der Waals surface area (Å²) in [5.74, 6) is -0.981. The van der Waals surface area contributed by atoms with Gasteiger partial charge in [-0.2, -0.15) is 19.7 Å². The molecule has 10 nitrogen and oxygen atoms in total. The largest absolute Gasteiger partial charge is 0.306 e. The summed E-state index contributed by atoms with van der Waals surface area (Å²) in [6, 6.07) is 0. The Morgan fingerprint density at radius 1 is 1.61 bits per heavy atom. The standard InChI is InChI=1S/C12H14FN7O3/c1-8-10(12(13)18(2)17-8)6-14-16-11(21)3-4-19-7-9(5-15-19)20(22)23/h5-7H,3-4H2,1-2H3,(H,16,21)/b14-6+. The Hall–Kier alpha value is -3.11. The molecule has 2 heterocycles. The molecule has 122 valence electrons. The van der Waals surface area contributed by atoms with Gasteiger partial charge in [0.15, 0.2) is 0 Å². The van der Waals surface area contributed by atoms with E-state index in [0.29, 0.717) is 5.69 Å². The number of nitro groups is 1. The highest BCUT2D eigenvalue weighted by molar-refractivity contribution is 5.83. The van der Waals surface area contributed by atoms with E-state index in [1.807, 2.05) is 0 Å². The number of hydrogen-bond donors (Lipinski definition) is 1. The fourth-order valence-corrected chi connectivity index (χ4v) is 1.80. The highest BCUT2D eigenvalue weighted by atomic mass is 19.1. The van der Waals surface area contributed by atoms with Crippen LogP contribution in [0.4, 0.5) is 10.1 Å². The topological polar surface area (TPSA) is 120 Å². The molecule has 2 aromatic rings. The maximum atomic E-state index is 13.6. The van der Waals surface area contributed by atoms with Crippen molar-refractivity contribution in [1.29, 1.82) is 0 Å². The first kappa shape index (κ1) is 16.3. The minimum absolute atomic E-state index is 0.0185. The number of nitrogens with one attached hydrogen (secondary N) is 1. The summed E-state index contributed by atoms with van der Waals surface area (Å²) in [6.07, 6.45) is 3.52. The number of amides is 1. The molecule has 2 rings (SSSR count). The van der Waals surface area contributed by atoms with E-state index in [-0.39, 0.29) is 24.2 Å². The van der Waals surface area contributed by atoms with Crippen LogP contribution < -0.4 is 5.43 Å². The van der Waals surface area contributed by atoms with E-state index in [0.717, 1.165) is 10.9 Å². The van der Waals surface area contributed by atoms with Gasteiger partial charge in [-0.3, -0.25) is 19.6 Å². The number of carbonyl (C=O) groups is 1. The third-order valence-corrected chi connectivity index (χ3v) is 2.98. The predicted octanol–water partition coefficient (Wildman–Crippen LogP) is 0.513. The summed E-state index contributed by atoms with van der Waals surface area (Å²) in [5, 5.41) is 21.8. The maximum Gasteiger partial charge on any atom is 0.306 e. The first-order valence-corrected chi connectivity index (χ1v) is 6.56. The Kier molecular flexibility index (Phi) is 4.79. The van der Waals surface area contributed by atoms with Crippen LogP contribution in [0.1, 0.15) is 17.7 Å². The van der Waals surface area contributed by atoms with Gasteiger partial charge in [0.1, 0.15) is 12.4 Å². The van der Waals surface area contributed by atoms with Crippen LogP contribution >= 0.6 is 0 Å². The second-order valence-corrected chi connectivity index (χ2v) is 4.68.